The van der Waals surface area contributed by atoms with Gasteiger partial charge in [-0.2, -0.15) is 10.1 Å². The van der Waals surface area contributed by atoms with Gasteiger partial charge in [-0.25, -0.2) is 4.99 Å². The van der Waals surface area contributed by atoms with Crippen molar-refractivity contribution >= 4 is 73.2 Å². The Kier molecular flexibility index (Phi) is 12.6. The third-order valence-corrected chi connectivity index (χ3v) is 9.98. The summed E-state index contributed by atoms with van der Waals surface area (Å²) in [6.45, 7) is 5.33. The molecule has 1 aromatic heterocycles. The van der Waals surface area contributed by atoms with Crippen LogP contribution in [0.1, 0.15) is 28.8 Å². The third kappa shape index (κ3) is 9.77. The fourth-order valence-electron chi connectivity index (χ4n) is 6.93. The topological polar surface area (TPSA) is 178 Å². The van der Waals surface area contributed by atoms with E-state index in [4.69, 9.17) is 14.7 Å². The number of aromatic nitrogens is 1. The van der Waals surface area contributed by atoms with Crippen LogP contribution in [0.3, 0.4) is 0 Å². The number of para-hydroxylation sites is 1. The van der Waals surface area contributed by atoms with Crippen molar-refractivity contribution in [3.8, 4) is 11.5 Å². The molecule has 0 spiro atoms. The van der Waals surface area contributed by atoms with E-state index >= 15 is 0 Å². The number of aliphatic imine (C=N–C) groups is 2. The number of fused-ring (bicyclic) bond motifs is 5. The molecule has 1 unspecified atom stereocenters. The molecule has 1 amide bonds. The first-order valence-electron chi connectivity index (χ1n) is 19.7. The molecule has 2 heterocycles. The van der Waals surface area contributed by atoms with Crippen LogP contribution in [0.25, 0.3) is 32.6 Å². The fraction of sp³-hybridized carbons (Fsp3) is 0.295. The smallest absolute Gasteiger partial charge is 0.259 e. The van der Waals surface area contributed by atoms with Gasteiger partial charge in [-0.1, -0.05) is 30.3 Å². The van der Waals surface area contributed by atoms with Gasteiger partial charge >= 0.3 is 0 Å². The molecule has 1 atom stereocenters. The molecule has 7 rings (SSSR count). The molecule has 0 fully saturated rings. The van der Waals surface area contributed by atoms with Crippen LogP contribution in [0.15, 0.2) is 105 Å². The molecule has 6 aromatic rings. The van der Waals surface area contributed by atoms with Crippen LogP contribution >= 0.6 is 0 Å². The number of hydrogen-bond acceptors (Lipinski definition) is 13. The Morgan fingerprint density at radius 3 is 2.41 bits per heavy atom. The SMILES string of the molecule is COc1ccc(NC(=O)c2cc3ccc4c5ccccc5[nH]c4c3c(N=Nc3ccc(NC4=NC(NCCCN(C)C)=NC(NCCCN(C)C)N4)cc3)c2O)c(C)c1. The number of aromatic hydroxyl groups is 1. The number of phenolic OH excluding ortho intramolecular Hbond substituents is 1. The molecule has 15 nitrogen and oxygen atoms in total. The molecule has 0 saturated heterocycles. The zero-order valence-electron chi connectivity index (χ0n) is 34.3. The molecular weight excluding hydrogens is 745 g/mol. The zero-order chi connectivity index (χ0) is 41.5. The molecule has 5 aromatic carbocycles. The van der Waals surface area contributed by atoms with Gasteiger partial charge in [-0.05, 0) is 127 Å². The van der Waals surface area contributed by atoms with E-state index in [1.54, 1.807) is 25.3 Å². The minimum atomic E-state index is -0.483. The Morgan fingerprint density at radius 2 is 1.66 bits per heavy atom. The lowest BCUT2D eigenvalue weighted by Gasteiger charge is -2.25. The van der Waals surface area contributed by atoms with Crippen LogP contribution in [0.2, 0.25) is 0 Å². The quantitative estimate of drug-likeness (QED) is 0.0416. The number of rotatable bonds is 15. The Balaban J connectivity index is 1.16. The highest BCUT2D eigenvalue weighted by atomic mass is 16.5. The van der Waals surface area contributed by atoms with Crippen molar-refractivity contribution in [2.45, 2.75) is 26.1 Å². The number of benzene rings is 5. The van der Waals surface area contributed by atoms with Gasteiger partial charge in [0, 0.05) is 46.1 Å². The van der Waals surface area contributed by atoms with E-state index in [0.29, 0.717) is 39.8 Å². The summed E-state index contributed by atoms with van der Waals surface area (Å²) >= 11 is 0. The predicted molar refractivity (Wildman–Crippen MR) is 239 cm³/mol. The second-order valence-electron chi connectivity index (χ2n) is 15.0. The molecule has 306 valence electrons. The van der Waals surface area contributed by atoms with Crippen molar-refractivity contribution in [3.05, 3.63) is 96.1 Å². The monoisotopic (exact) mass is 796 g/mol. The Hall–Kier alpha value is -6.55. The summed E-state index contributed by atoms with van der Waals surface area (Å²) in [5.41, 5.74) is 4.70. The number of carbonyl (C=O) groups excluding carboxylic acids is 1. The van der Waals surface area contributed by atoms with E-state index in [9.17, 15) is 9.90 Å². The van der Waals surface area contributed by atoms with Gasteiger partial charge in [-0.3, -0.25) is 10.1 Å². The van der Waals surface area contributed by atoms with E-state index in [-0.39, 0.29) is 23.3 Å². The average molecular weight is 797 g/mol. The van der Waals surface area contributed by atoms with Crippen LogP contribution < -0.4 is 31.3 Å². The molecule has 0 aliphatic carbocycles. The van der Waals surface area contributed by atoms with E-state index in [1.165, 1.54) is 0 Å². The Labute approximate surface area is 343 Å². The molecule has 59 heavy (non-hydrogen) atoms. The van der Waals surface area contributed by atoms with E-state index in [2.05, 4.69) is 79.8 Å². The molecule has 1 aliphatic rings. The number of azo groups is 1. The standard InChI is InChI=1S/C44H52N12O3/c1-27-25-31(59-6)18-20-35(27)49-41(58)34-26-28-13-19-33-32-11-7-8-12-36(32)48-38(33)37(28)39(40(34)57)54-53-30-16-14-29(15-17-30)47-44-51-42(45-21-9-23-55(2)3)50-43(52-44)46-22-10-24-56(4)5/h7-8,11-20,25-26,42,45,48,57H,9-10,21-24H2,1-6H3,(H,49,58)(H3,46,47,50,51,52). The van der Waals surface area contributed by atoms with Crippen molar-refractivity contribution < 1.29 is 14.6 Å². The predicted octanol–water partition coefficient (Wildman–Crippen LogP) is 7.26. The molecule has 0 bridgehead atoms. The first-order valence-corrected chi connectivity index (χ1v) is 19.7. The number of methoxy groups -OCH3 is 1. The number of hydrogen-bond donors (Lipinski definition) is 7. The highest BCUT2D eigenvalue weighted by Gasteiger charge is 2.22. The summed E-state index contributed by atoms with van der Waals surface area (Å²) in [4.78, 5) is 31.1. The van der Waals surface area contributed by atoms with Gasteiger partial charge in [0.15, 0.2) is 12.0 Å². The van der Waals surface area contributed by atoms with Gasteiger partial charge in [0.25, 0.3) is 5.91 Å². The van der Waals surface area contributed by atoms with E-state index < -0.39 is 5.91 Å². The van der Waals surface area contributed by atoms with Gasteiger partial charge in [-0.15, -0.1) is 5.11 Å². The lowest BCUT2D eigenvalue weighted by molar-refractivity contribution is 0.102. The van der Waals surface area contributed by atoms with Crippen molar-refractivity contribution in [2.24, 2.45) is 20.2 Å². The second-order valence-corrected chi connectivity index (χ2v) is 15.0. The first kappa shape index (κ1) is 40.6. The number of aromatic amines is 1. The summed E-state index contributed by atoms with van der Waals surface area (Å²) in [6.07, 6.45) is 1.57. The van der Waals surface area contributed by atoms with Crippen molar-refractivity contribution in [2.75, 3.05) is 72.1 Å². The maximum atomic E-state index is 13.8. The number of amides is 1. The maximum absolute atomic E-state index is 13.8. The van der Waals surface area contributed by atoms with Crippen LogP contribution in [-0.2, 0) is 0 Å². The van der Waals surface area contributed by atoms with Gasteiger partial charge in [0.1, 0.15) is 11.4 Å². The third-order valence-electron chi connectivity index (χ3n) is 9.98. The number of ether oxygens (including phenoxy) is 1. The number of H-pyrrole nitrogens is 1. The minimum absolute atomic E-state index is 0.0676. The molecule has 0 saturated carbocycles. The van der Waals surface area contributed by atoms with E-state index in [0.717, 1.165) is 72.1 Å². The van der Waals surface area contributed by atoms with Crippen LogP contribution in [-0.4, -0.2) is 105 Å². The number of guanidine groups is 2. The highest BCUT2D eigenvalue weighted by Crippen LogP contribution is 2.44. The number of carbonyl (C=O) groups is 1. The number of phenols is 1. The van der Waals surface area contributed by atoms with Gasteiger partial charge < -0.3 is 45.9 Å². The number of nitrogens with one attached hydrogen (secondary N) is 6. The summed E-state index contributed by atoms with van der Waals surface area (Å²) < 4.78 is 5.33. The molecule has 1 aliphatic heterocycles. The second kappa shape index (κ2) is 18.4. The van der Waals surface area contributed by atoms with Crippen molar-refractivity contribution in [1.29, 1.82) is 0 Å². The van der Waals surface area contributed by atoms with Crippen LogP contribution in [0.4, 0.5) is 22.7 Å². The maximum Gasteiger partial charge on any atom is 0.259 e. The minimum Gasteiger partial charge on any atom is -0.505 e. The lowest BCUT2D eigenvalue weighted by Crippen LogP contribution is -2.51. The average Bonchev–Trinajstić information content (AvgIpc) is 3.60. The largest absolute Gasteiger partial charge is 0.505 e. The molecule has 0 radical (unpaired) electrons. The number of anilines is 2. The van der Waals surface area contributed by atoms with Gasteiger partial charge in [0.2, 0.25) is 11.9 Å². The first-order chi connectivity index (χ1) is 28.6. The number of aryl methyl sites for hydroxylation is 1. The molecule has 7 N–H and O–H groups in total. The fourth-order valence-corrected chi connectivity index (χ4v) is 6.93. The molecule has 15 heteroatoms. The normalized spacial score (nSPS) is 14.3. The molecular formula is C44H52N12O3. The summed E-state index contributed by atoms with van der Waals surface area (Å²) in [6, 6.07) is 26.4. The summed E-state index contributed by atoms with van der Waals surface area (Å²) in [5.74, 6) is 1.01. The van der Waals surface area contributed by atoms with E-state index in [1.807, 2.05) is 73.7 Å². The highest BCUT2D eigenvalue weighted by molar-refractivity contribution is 6.22. The zero-order valence-corrected chi connectivity index (χ0v) is 34.3. The van der Waals surface area contributed by atoms with Crippen LogP contribution in [0.5, 0.6) is 11.5 Å². The summed E-state index contributed by atoms with van der Waals surface area (Å²) in [5, 5.41) is 40.9. The van der Waals surface area contributed by atoms with Crippen molar-refractivity contribution in [3.63, 3.8) is 0 Å². The Bertz CT molecular complexity index is 2540. The number of nitrogens with zero attached hydrogens (tertiary/aromatic N) is 6. The van der Waals surface area contributed by atoms with Crippen molar-refractivity contribution in [1.82, 2.24) is 30.7 Å². The van der Waals surface area contributed by atoms with Gasteiger partial charge in [0.05, 0.1) is 23.9 Å². The Morgan fingerprint density at radius 1 is 0.898 bits per heavy atom. The lowest BCUT2D eigenvalue weighted by atomic mass is 10.00. The van der Waals surface area contributed by atoms with Crippen LogP contribution in [0, 0.1) is 6.92 Å². The summed E-state index contributed by atoms with van der Waals surface area (Å²) in [7, 11) is 9.83.